The van der Waals surface area contributed by atoms with Crippen molar-refractivity contribution >= 4 is 33.2 Å². The van der Waals surface area contributed by atoms with Gasteiger partial charge in [-0.3, -0.25) is 0 Å². The van der Waals surface area contributed by atoms with E-state index in [-0.39, 0.29) is 0 Å². The lowest BCUT2D eigenvalue weighted by Crippen LogP contribution is -1.77. The zero-order chi connectivity index (χ0) is 11.8. The van der Waals surface area contributed by atoms with Crippen LogP contribution in [0.5, 0.6) is 0 Å². The van der Waals surface area contributed by atoms with Crippen molar-refractivity contribution in [2.24, 2.45) is 0 Å². The van der Waals surface area contributed by atoms with Gasteiger partial charge in [0.05, 0.1) is 9.72 Å². The molecule has 0 unspecified atom stereocenters. The van der Waals surface area contributed by atoms with Crippen molar-refractivity contribution in [2.45, 2.75) is 6.92 Å². The number of aryl methyl sites for hydroxylation is 1. The molecular weight excluding hydrogens is 250 g/mol. The molecule has 1 aromatic heterocycles. The summed E-state index contributed by atoms with van der Waals surface area (Å²) in [6, 6.07) is 14.3. The van der Waals surface area contributed by atoms with Gasteiger partial charge >= 0.3 is 0 Å². The number of thiazole rings is 1. The fourth-order valence-electron chi connectivity index (χ4n) is 1.82. The van der Waals surface area contributed by atoms with Crippen molar-refractivity contribution in [1.29, 1.82) is 0 Å². The number of aromatic nitrogens is 1. The van der Waals surface area contributed by atoms with E-state index in [0.29, 0.717) is 0 Å². The molecule has 0 radical (unpaired) electrons. The van der Waals surface area contributed by atoms with Crippen molar-refractivity contribution in [2.75, 3.05) is 0 Å². The van der Waals surface area contributed by atoms with Crippen LogP contribution >= 0.6 is 22.9 Å². The van der Waals surface area contributed by atoms with Crippen LogP contribution in [0.2, 0.25) is 5.02 Å². The molecule has 2 aromatic carbocycles. The van der Waals surface area contributed by atoms with Gasteiger partial charge in [0.25, 0.3) is 0 Å². The van der Waals surface area contributed by atoms with Gasteiger partial charge in [-0.05, 0) is 25.1 Å². The third kappa shape index (κ3) is 1.94. The second-order valence-electron chi connectivity index (χ2n) is 3.98. The summed E-state index contributed by atoms with van der Waals surface area (Å²) in [6.07, 6.45) is 0. The smallest absolute Gasteiger partial charge is 0.124 e. The van der Waals surface area contributed by atoms with Gasteiger partial charge in [-0.1, -0.05) is 41.4 Å². The monoisotopic (exact) mass is 259 g/mol. The molecule has 0 N–H and O–H groups in total. The number of nitrogens with zero attached hydrogens (tertiary/aromatic N) is 1. The molecule has 0 aliphatic rings. The predicted molar refractivity (Wildman–Crippen MR) is 74.8 cm³/mol. The molecule has 0 fully saturated rings. The van der Waals surface area contributed by atoms with E-state index < -0.39 is 0 Å². The van der Waals surface area contributed by atoms with Crippen molar-refractivity contribution < 1.29 is 0 Å². The number of halogens is 1. The van der Waals surface area contributed by atoms with Crippen LogP contribution in [0.3, 0.4) is 0 Å². The lowest BCUT2D eigenvalue weighted by molar-refractivity contribution is 1.43. The van der Waals surface area contributed by atoms with Crippen LogP contribution in [-0.4, -0.2) is 4.98 Å². The Balaban J connectivity index is 2.22. The van der Waals surface area contributed by atoms with Crippen molar-refractivity contribution in [3.63, 3.8) is 0 Å². The van der Waals surface area contributed by atoms with E-state index in [9.17, 15) is 0 Å². The Kier molecular flexibility index (Phi) is 2.61. The van der Waals surface area contributed by atoms with E-state index in [1.165, 1.54) is 5.56 Å². The maximum atomic E-state index is 6.13. The highest BCUT2D eigenvalue weighted by molar-refractivity contribution is 7.21. The zero-order valence-corrected chi connectivity index (χ0v) is 10.8. The number of fused-ring (bicyclic) bond motifs is 1. The molecule has 3 heteroatoms. The minimum atomic E-state index is 0.720. The van der Waals surface area contributed by atoms with Crippen LogP contribution in [0.1, 0.15) is 5.56 Å². The van der Waals surface area contributed by atoms with E-state index in [1.54, 1.807) is 11.3 Å². The van der Waals surface area contributed by atoms with Crippen LogP contribution in [0, 0.1) is 6.92 Å². The summed E-state index contributed by atoms with van der Waals surface area (Å²) in [5.74, 6) is 0. The molecular formula is C14H10ClNS. The first kappa shape index (κ1) is 10.8. The molecule has 0 amide bonds. The van der Waals surface area contributed by atoms with Gasteiger partial charge in [0.1, 0.15) is 10.5 Å². The molecule has 0 aliphatic heterocycles. The van der Waals surface area contributed by atoms with Gasteiger partial charge < -0.3 is 0 Å². The van der Waals surface area contributed by atoms with Gasteiger partial charge in [0, 0.05) is 5.56 Å². The first-order valence-corrected chi connectivity index (χ1v) is 6.55. The summed E-state index contributed by atoms with van der Waals surface area (Å²) in [4.78, 5) is 4.61. The lowest BCUT2D eigenvalue weighted by atomic mass is 10.1. The molecule has 84 valence electrons. The Morgan fingerprint density at radius 2 is 1.94 bits per heavy atom. The third-order valence-electron chi connectivity index (χ3n) is 2.63. The number of rotatable bonds is 1. The topological polar surface area (TPSA) is 12.9 Å². The molecule has 0 saturated heterocycles. The zero-order valence-electron chi connectivity index (χ0n) is 9.27. The minimum Gasteiger partial charge on any atom is -0.234 e. The average Bonchev–Trinajstić information content (AvgIpc) is 2.74. The van der Waals surface area contributed by atoms with Gasteiger partial charge in [-0.2, -0.15) is 0 Å². The fourth-order valence-corrected chi connectivity index (χ4v) is 3.08. The number of benzene rings is 2. The van der Waals surface area contributed by atoms with Crippen LogP contribution in [0.4, 0.5) is 0 Å². The Morgan fingerprint density at radius 1 is 1.12 bits per heavy atom. The summed E-state index contributed by atoms with van der Waals surface area (Å²) >= 11 is 7.81. The number of hydrogen-bond donors (Lipinski definition) is 0. The Labute approximate surface area is 109 Å². The number of para-hydroxylation sites is 1. The summed E-state index contributed by atoms with van der Waals surface area (Å²) in [5, 5.41) is 1.74. The van der Waals surface area contributed by atoms with Gasteiger partial charge in [-0.15, -0.1) is 11.3 Å². The SMILES string of the molecule is Cc1cccc(-c2nc3c(Cl)cccc3s2)c1. The molecule has 1 heterocycles. The van der Waals surface area contributed by atoms with Crippen molar-refractivity contribution in [3.8, 4) is 10.6 Å². The molecule has 0 bridgehead atoms. The second-order valence-corrected chi connectivity index (χ2v) is 5.41. The largest absolute Gasteiger partial charge is 0.234 e. The molecule has 3 rings (SSSR count). The fraction of sp³-hybridized carbons (Fsp3) is 0.0714. The van der Waals surface area contributed by atoms with Crippen molar-refractivity contribution in [1.82, 2.24) is 4.98 Å². The molecule has 0 saturated carbocycles. The van der Waals surface area contributed by atoms with Gasteiger partial charge in [-0.25, -0.2) is 4.98 Å². The lowest BCUT2D eigenvalue weighted by Gasteiger charge is -1.96. The highest BCUT2D eigenvalue weighted by Crippen LogP contribution is 2.33. The van der Waals surface area contributed by atoms with Crippen LogP contribution in [0.15, 0.2) is 42.5 Å². The Hall–Kier alpha value is -1.38. The van der Waals surface area contributed by atoms with Crippen LogP contribution < -0.4 is 0 Å². The van der Waals surface area contributed by atoms with E-state index in [2.05, 4.69) is 42.2 Å². The maximum Gasteiger partial charge on any atom is 0.124 e. The maximum absolute atomic E-state index is 6.13. The third-order valence-corrected chi connectivity index (χ3v) is 4.01. The van der Waals surface area contributed by atoms with E-state index in [1.807, 2.05) is 12.1 Å². The molecule has 0 aliphatic carbocycles. The molecule has 3 aromatic rings. The quantitative estimate of drug-likeness (QED) is 0.604. The average molecular weight is 260 g/mol. The van der Waals surface area contributed by atoms with E-state index >= 15 is 0 Å². The van der Waals surface area contributed by atoms with Crippen LogP contribution in [0.25, 0.3) is 20.8 Å². The van der Waals surface area contributed by atoms with E-state index in [0.717, 1.165) is 25.8 Å². The Morgan fingerprint density at radius 3 is 2.71 bits per heavy atom. The number of hydrogen-bond acceptors (Lipinski definition) is 2. The first-order chi connectivity index (χ1) is 8.24. The summed E-state index contributed by atoms with van der Waals surface area (Å²) in [5.41, 5.74) is 3.30. The second kappa shape index (κ2) is 4.13. The predicted octanol–water partition coefficient (Wildman–Crippen LogP) is 4.93. The molecule has 17 heavy (non-hydrogen) atoms. The molecule has 0 spiro atoms. The molecule has 1 nitrogen and oxygen atoms in total. The van der Waals surface area contributed by atoms with E-state index in [4.69, 9.17) is 11.6 Å². The minimum absolute atomic E-state index is 0.720. The van der Waals surface area contributed by atoms with Gasteiger partial charge in [0.15, 0.2) is 0 Å². The highest BCUT2D eigenvalue weighted by atomic mass is 35.5. The summed E-state index contributed by atoms with van der Waals surface area (Å²) < 4.78 is 1.13. The standard InChI is InChI=1S/C14H10ClNS/c1-9-4-2-5-10(8-9)14-16-13-11(15)6-3-7-12(13)17-14/h2-8H,1H3. The molecule has 0 atom stereocenters. The highest BCUT2D eigenvalue weighted by Gasteiger charge is 2.08. The van der Waals surface area contributed by atoms with Crippen LogP contribution in [-0.2, 0) is 0 Å². The Bertz CT molecular complexity index is 688. The van der Waals surface area contributed by atoms with Gasteiger partial charge in [0.2, 0.25) is 0 Å². The summed E-state index contributed by atoms with van der Waals surface area (Å²) in [7, 11) is 0. The first-order valence-electron chi connectivity index (χ1n) is 5.36. The van der Waals surface area contributed by atoms with Crippen molar-refractivity contribution in [3.05, 3.63) is 53.1 Å². The normalized spacial score (nSPS) is 10.9. The summed E-state index contributed by atoms with van der Waals surface area (Å²) in [6.45, 7) is 2.09.